The van der Waals surface area contributed by atoms with Crippen LogP contribution >= 0.6 is 11.6 Å². The first-order chi connectivity index (χ1) is 16.7. The van der Waals surface area contributed by atoms with Crippen molar-refractivity contribution in [3.63, 3.8) is 0 Å². The average molecular weight is 491 g/mol. The topological polar surface area (TPSA) is 75.6 Å². The van der Waals surface area contributed by atoms with Crippen molar-refractivity contribution < 1.29 is 14.3 Å². The maximum atomic E-state index is 13.1. The summed E-state index contributed by atoms with van der Waals surface area (Å²) in [7, 11) is 1.71. The Bertz CT molecular complexity index is 1260. The number of halogens is 1. The number of anilines is 1. The van der Waals surface area contributed by atoms with Crippen LogP contribution in [-0.2, 0) is 9.53 Å². The van der Waals surface area contributed by atoms with Gasteiger partial charge in [-0.05, 0) is 61.9 Å². The van der Waals surface area contributed by atoms with Crippen molar-refractivity contribution in [3.8, 4) is 11.3 Å². The number of aromatic nitrogens is 2. The van der Waals surface area contributed by atoms with Gasteiger partial charge in [0, 0.05) is 24.5 Å². The first-order valence-corrected chi connectivity index (χ1v) is 11.6. The van der Waals surface area contributed by atoms with Gasteiger partial charge in [0.2, 0.25) is 5.91 Å². The monoisotopic (exact) mass is 490 g/mol. The number of para-hydroxylation sites is 1. The van der Waals surface area contributed by atoms with Crippen LogP contribution in [0.4, 0.5) is 5.69 Å². The standard InChI is InChI=1S/C27H27ClN4O3/c1-5-25(33)32-17-27(2,3)35-16-23(32)19-14-21(30-24(28)15-19)18-11-12-29-22(13-18)26(34)31(4)20-9-7-6-8-10-20/h5-15,23H,1,16-17H2,2-4H3/t23-/m0/s1. The minimum Gasteiger partial charge on any atom is -0.371 e. The van der Waals surface area contributed by atoms with Gasteiger partial charge in [-0.1, -0.05) is 36.4 Å². The molecule has 3 heterocycles. The summed E-state index contributed by atoms with van der Waals surface area (Å²) in [5.74, 6) is -0.424. The molecular weight excluding hydrogens is 464 g/mol. The summed E-state index contributed by atoms with van der Waals surface area (Å²) >= 11 is 6.40. The Kier molecular flexibility index (Phi) is 7.00. The normalized spacial score (nSPS) is 17.0. The number of ether oxygens (including phenoxy) is 1. The Morgan fingerprint density at radius 2 is 1.94 bits per heavy atom. The van der Waals surface area contributed by atoms with E-state index in [2.05, 4.69) is 16.5 Å². The molecule has 2 aromatic heterocycles. The Morgan fingerprint density at radius 3 is 2.66 bits per heavy atom. The first-order valence-electron chi connectivity index (χ1n) is 11.2. The van der Waals surface area contributed by atoms with Crippen molar-refractivity contribution in [1.29, 1.82) is 0 Å². The van der Waals surface area contributed by atoms with E-state index >= 15 is 0 Å². The zero-order valence-corrected chi connectivity index (χ0v) is 20.7. The van der Waals surface area contributed by atoms with E-state index < -0.39 is 5.60 Å². The molecule has 0 radical (unpaired) electrons. The summed E-state index contributed by atoms with van der Waals surface area (Å²) in [4.78, 5) is 37.7. The van der Waals surface area contributed by atoms with E-state index in [0.717, 1.165) is 11.3 Å². The molecule has 0 spiro atoms. The molecule has 180 valence electrons. The smallest absolute Gasteiger partial charge is 0.276 e. The van der Waals surface area contributed by atoms with Gasteiger partial charge in [0.25, 0.3) is 5.91 Å². The fourth-order valence-corrected chi connectivity index (χ4v) is 4.31. The fourth-order valence-electron chi connectivity index (χ4n) is 4.09. The molecule has 4 rings (SSSR count). The summed E-state index contributed by atoms with van der Waals surface area (Å²) in [5, 5.41) is 0.277. The van der Waals surface area contributed by atoms with Gasteiger partial charge in [0.15, 0.2) is 0 Å². The molecule has 7 nitrogen and oxygen atoms in total. The lowest BCUT2D eigenvalue weighted by Gasteiger charge is -2.43. The van der Waals surface area contributed by atoms with Gasteiger partial charge in [-0.2, -0.15) is 0 Å². The number of hydrogen-bond donors (Lipinski definition) is 0. The third kappa shape index (κ3) is 5.42. The number of nitrogens with zero attached hydrogens (tertiary/aromatic N) is 4. The molecule has 3 aromatic rings. The van der Waals surface area contributed by atoms with E-state index in [1.165, 1.54) is 6.08 Å². The molecule has 1 aromatic carbocycles. The van der Waals surface area contributed by atoms with Crippen molar-refractivity contribution >= 4 is 29.1 Å². The molecule has 2 amide bonds. The SMILES string of the molecule is C=CC(=O)N1CC(C)(C)OC[C@H]1c1cc(Cl)nc(-c2ccnc(C(=O)N(C)c3ccccc3)c2)c1. The Labute approximate surface area is 210 Å². The minimum absolute atomic E-state index is 0.179. The zero-order chi connectivity index (χ0) is 25.2. The highest BCUT2D eigenvalue weighted by Gasteiger charge is 2.37. The van der Waals surface area contributed by atoms with Gasteiger partial charge in [0.05, 0.1) is 30.5 Å². The van der Waals surface area contributed by atoms with Crippen LogP contribution in [0.1, 0.15) is 35.9 Å². The molecule has 1 fully saturated rings. The number of hydrogen-bond acceptors (Lipinski definition) is 5. The van der Waals surface area contributed by atoms with E-state index in [-0.39, 0.29) is 28.7 Å². The average Bonchev–Trinajstić information content (AvgIpc) is 2.87. The molecular formula is C27H27ClN4O3. The predicted molar refractivity (Wildman–Crippen MR) is 136 cm³/mol. The summed E-state index contributed by atoms with van der Waals surface area (Å²) in [6.45, 7) is 8.26. The van der Waals surface area contributed by atoms with Crippen molar-refractivity contribution in [1.82, 2.24) is 14.9 Å². The molecule has 0 bridgehead atoms. The third-order valence-electron chi connectivity index (χ3n) is 5.94. The highest BCUT2D eigenvalue weighted by Crippen LogP contribution is 2.34. The predicted octanol–water partition coefficient (Wildman–Crippen LogP) is 4.94. The van der Waals surface area contributed by atoms with Crippen LogP contribution in [0.2, 0.25) is 5.15 Å². The van der Waals surface area contributed by atoms with Gasteiger partial charge in [0.1, 0.15) is 10.8 Å². The summed E-state index contributed by atoms with van der Waals surface area (Å²) < 4.78 is 6.01. The Balaban J connectivity index is 1.67. The molecule has 1 atom stereocenters. The fraction of sp³-hybridized carbons (Fsp3) is 0.259. The summed E-state index contributed by atoms with van der Waals surface area (Å²) in [5.41, 5.74) is 2.62. The maximum absolute atomic E-state index is 13.1. The van der Waals surface area contributed by atoms with E-state index in [4.69, 9.17) is 16.3 Å². The molecule has 0 N–H and O–H groups in total. The lowest BCUT2D eigenvalue weighted by Crippen LogP contribution is -2.51. The Hall–Kier alpha value is -3.55. The Morgan fingerprint density at radius 1 is 1.20 bits per heavy atom. The van der Waals surface area contributed by atoms with Gasteiger partial charge >= 0.3 is 0 Å². The molecule has 0 unspecified atom stereocenters. The van der Waals surface area contributed by atoms with Gasteiger partial charge in [-0.15, -0.1) is 0 Å². The van der Waals surface area contributed by atoms with Crippen LogP contribution in [0.3, 0.4) is 0 Å². The number of rotatable bonds is 5. The highest BCUT2D eigenvalue weighted by molar-refractivity contribution is 6.29. The second-order valence-corrected chi connectivity index (χ2v) is 9.38. The van der Waals surface area contributed by atoms with E-state index in [1.54, 1.807) is 41.2 Å². The van der Waals surface area contributed by atoms with Gasteiger partial charge < -0.3 is 14.5 Å². The second kappa shape index (κ2) is 9.98. The van der Waals surface area contributed by atoms with E-state index in [1.807, 2.05) is 50.2 Å². The lowest BCUT2D eigenvalue weighted by molar-refractivity contribution is -0.151. The number of benzene rings is 1. The second-order valence-electron chi connectivity index (χ2n) is 8.99. The summed E-state index contributed by atoms with van der Waals surface area (Å²) in [6, 6.07) is 16.1. The van der Waals surface area contributed by atoms with E-state index in [0.29, 0.717) is 24.4 Å². The zero-order valence-electron chi connectivity index (χ0n) is 19.9. The summed E-state index contributed by atoms with van der Waals surface area (Å²) in [6.07, 6.45) is 2.88. The number of carbonyl (C=O) groups is 2. The van der Waals surface area contributed by atoms with Crippen molar-refractivity contribution in [2.24, 2.45) is 0 Å². The number of amides is 2. The molecule has 1 aliphatic rings. The molecule has 35 heavy (non-hydrogen) atoms. The van der Waals surface area contributed by atoms with Crippen LogP contribution in [0.15, 0.2) is 73.4 Å². The van der Waals surface area contributed by atoms with Crippen molar-refractivity contribution in [3.05, 3.63) is 89.9 Å². The van der Waals surface area contributed by atoms with Gasteiger partial charge in [-0.25, -0.2) is 4.98 Å². The molecule has 8 heteroatoms. The first kappa shape index (κ1) is 24.6. The largest absolute Gasteiger partial charge is 0.371 e. The minimum atomic E-state index is -0.472. The molecule has 0 saturated carbocycles. The van der Waals surface area contributed by atoms with Crippen molar-refractivity contribution in [2.75, 3.05) is 25.1 Å². The number of carbonyl (C=O) groups excluding carboxylic acids is 2. The van der Waals surface area contributed by atoms with Crippen LogP contribution < -0.4 is 4.90 Å². The van der Waals surface area contributed by atoms with Crippen LogP contribution in [0.25, 0.3) is 11.3 Å². The lowest BCUT2D eigenvalue weighted by atomic mass is 9.98. The number of pyridine rings is 2. The maximum Gasteiger partial charge on any atom is 0.276 e. The molecule has 1 aliphatic heterocycles. The van der Waals surface area contributed by atoms with Crippen LogP contribution in [-0.4, -0.2) is 52.5 Å². The van der Waals surface area contributed by atoms with E-state index in [9.17, 15) is 9.59 Å². The van der Waals surface area contributed by atoms with Crippen LogP contribution in [0.5, 0.6) is 0 Å². The molecule has 0 aliphatic carbocycles. The van der Waals surface area contributed by atoms with Crippen LogP contribution in [0, 0.1) is 0 Å². The number of morpholine rings is 1. The molecule has 1 saturated heterocycles. The van der Waals surface area contributed by atoms with Gasteiger partial charge in [-0.3, -0.25) is 14.6 Å². The highest BCUT2D eigenvalue weighted by atomic mass is 35.5. The van der Waals surface area contributed by atoms with Crippen molar-refractivity contribution in [2.45, 2.75) is 25.5 Å². The quantitative estimate of drug-likeness (QED) is 0.374. The third-order valence-corrected chi connectivity index (χ3v) is 6.13.